The average Bonchev–Trinajstić information content (AvgIpc) is 3.10. The lowest BCUT2D eigenvalue weighted by molar-refractivity contribution is -0.129. The van der Waals surface area contributed by atoms with Crippen LogP contribution in [0.4, 0.5) is 10.5 Å². The molecule has 1 aliphatic heterocycles. The molecular weight excluding hydrogens is 552 g/mol. The molecule has 4 amide bonds. The van der Waals surface area contributed by atoms with Gasteiger partial charge in [0.1, 0.15) is 11.6 Å². The van der Waals surface area contributed by atoms with Crippen LogP contribution in [0.15, 0.2) is 71.6 Å². The van der Waals surface area contributed by atoms with Crippen molar-refractivity contribution < 1.29 is 23.9 Å². The third-order valence-electron chi connectivity index (χ3n) is 6.59. The molecule has 3 aromatic carbocycles. The summed E-state index contributed by atoms with van der Waals surface area (Å²) in [7, 11) is 0. The number of thioether (sulfide) groups is 1. The quantitative estimate of drug-likeness (QED) is 0.301. The van der Waals surface area contributed by atoms with E-state index < -0.39 is 17.7 Å². The highest BCUT2D eigenvalue weighted by molar-refractivity contribution is 7.99. The zero-order chi connectivity index (χ0) is 30.1. The number of hydrogen-bond donors (Lipinski definition) is 3. The summed E-state index contributed by atoms with van der Waals surface area (Å²) in [6, 6.07) is 20.7. The van der Waals surface area contributed by atoms with Crippen molar-refractivity contribution in [1.82, 2.24) is 16.0 Å². The summed E-state index contributed by atoms with van der Waals surface area (Å²) >= 11 is 1.63. The van der Waals surface area contributed by atoms with Gasteiger partial charge in [-0.25, -0.2) is 4.79 Å². The molecule has 1 aliphatic rings. The fraction of sp³-hybridized carbons (Fsp3) is 0.375. The lowest BCUT2D eigenvalue weighted by Crippen LogP contribution is -2.50. The first-order valence-corrected chi connectivity index (χ1v) is 15.1. The van der Waals surface area contributed by atoms with Crippen LogP contribution in [0.2, 0.25) is 0 Å². The van der Waals surface area contributed by atoms with Crippen molar-refractivity contribution in [3.63, 3.8) is 0 Å². The Labute approximate surface area is 250 Å². The topological polar surface area (TPSA) is 117 Å². The second-order valence-corrected chi connectivity index (χ2v) is 12.2. The van der Waals surface area contributed by atoms with Gasteiger partial charge in [0, 0.05) is 49.5 Å². The Bertz CT molecular complexity index is 1440. The van der Waals surface area contributed by atoms with Gasteiger partial charge in [0.2, 0.25) is 17.7 Å². The van der Waals surface area contributed by atoms with Gasteiger partial charge in [0.25, 0.3) is 0 Å². The Balaban J connectivity index is 1.40. The molecule has 0 saturated heterocycles. The Hall–Kier alpha value is -4.05. The van der Waals surface area contributed by atoms with Gasteiger partial charge in [-0.05, 0) is 49.2 Å². The number of ether oxygens (including phenoxy) is 1. The number of benzene rings is 3. The van der Waals surface area contributed by atoms with Crippen molar-refractivity contribution >= 4 is 52.0 Å². The van der Waals surface area contributed by atoms with E-state index in [1.807, 2.05) is 66.7 Å². The SMILES string of the molecule is CC(C)(C)OC(=O)NCCNC(=O)[C@@H](Cc1ccc2ccccc2c1)NC(=O)CCN1C(=O)CCSc2ccccc21. The molecule has 1 heterocycles. The number of amides is 4. The van der Waals surface area contributed by atoms with E-state index in [-0.39, 0.29) is 50.2 Å². The Kier molecular flexibility index (Phi) is 10.5. The number of nitrogens with one attached hydrogen (secondary N) is 3. The Morgan fingerprint density at radius 1 is 0.952 bits per heavy atom. The van der Waals surface area contributed by atoms with Crippen LogP contribution >= 0.6 is 11.8 Å². The summed E-state index contributed by atoms with van der Waals surface area (Å²) in [5.41, 5.74) is 1.08. The third kappa shape index (κ3) is 8.97. The Morgan fingerprint density at radius 2 is 1.67 bits per heavy atom. The zero-order valence-corrected chi connectivity index (χ0v) is 25.1. The van der Waals surface area contributed by atoms with Crippen LogP contribution in [0.5, 0.6) is 0 Å². The highest BCUT2D eigenvalue weighted by Crippen LogP contribution is 2.34. The van der Waals surface area contributed by atoms with Crippen molar-refractivity contribution in [2.45, 2.75) is 56.6 Å². The molecule has 3 N–H and O–H groups in total. The van der Waals surface area contributed by atoms with Crippen LogP contribution < -0.4 is 20.9 Å². The smallest absolute Gasteiger partial charge is 0.407 e. The summed E-state index contributed by atoms with van der Waals surface area (Å²) in [6.07, 6.45) is 0.155. The van der Waals surface area contributed by atoms with Crippen LogP contribution in [0.1, 0.15) is 39.2 Å². The first kappa shape index (κ1) is 30.9. The molecule has 0 bridgehead atoms. The van der Waals surface area contributed by atoms with Gasteiger partial charge in [-0.1, -0.05) is 54.6 Å². The maximum atomic E-state index is 13.3. The molecule has 10 heteroatoms. The molecule has 0 radical (unpaired) electrons. The fourth-order valence-electron chi connectivity index (χ4n) is 4.64. The highest BCUT2D eigenvalue weighted by Gasteiger charge is 2.25. The minimum Gasteiger partial charge on any atom is -0.444 e. The number of anilines is 1. The fourth-order valence-corrected chi connectivity index (χ4v) is 5.64. The van der Waals surface area contributed by atoms with E-state index in [0.29, 0.717) is 12.2 Å². The molecule has 9 nitrogen and oxygen atoms in total. The van der Waals surface area contributed by atoms with Crippen LogP contribution in [-0.2, 0) is 25.5 Å². The number of fused-ring (bicyclic) bond motifs is 2. The summed E-state index contributed by atoms with van der Waals surface area (Å²) in [6.45, 7) is 5.87. The van der Waals surface area contributed by atoms with Gasteiger partial charge in [0.15, 0.2) is 0 Å². The van der Waals surface area contributed by atoms with Crippen LogP contribution in [0.3, 0.4) is 0 Å². The van der Waals surface area contributed by atoms with E-state index in [4.69, 9.17) is 4.74 Å². The standard InChI is InChI=1S/C32H38N4O5S/c1-32(2,3)41-31(40)34-17-16-33-30(39)25(21-22-12-13-23-8-4-5-9-24(23)20-22)35-28(37)14-18-36-26-10-6-7-11-27(26)42-19-15-29(36)38/h4-13,20,25H,14-19,21H2,1-3H3,(H,33,39)(H,34,40)(H,35,37)/t25-/m1/s1. The van der Waals surface area contributed by atoms with Gasteiger partial charge in [-0.3, -0.25) is 14.4 Å². The molecular formula is C32H38N4O5S. The van der Waals surface area contributed by atoms with E-state index >= 15 is 0 Å². The van der Waals surface area contributed by atoms with E-state index in [0.717, 1.165) is 26.9 Å². The lowest BCUT2D eigenvalue weighted by atomic mass is 10.0. The number of carbonyl (C=O) groups excluding carboxylic acids is 4. The van der Waals surface area contributed by atoms with Crippen molar-refractivity contribution in [3.8, 4) is 0 Å². The first-order chi connectivity index (χ1) is 20.1. The number of alkyl carbamates (subject to hydrolysis) is 1. The predicted octanol–water partition coefficient (Wildman–Crippen LogP) is 4.43. The average molecular weight is 591 g/mol. The molecule has 4 rings (SSSR count). The maximum Gasteiger partial charge on any atom is 0.407 e. The Morgan fingerprint density at radius 3 is 2.45 bits per heavy atom. The van der Waals surface area contributed by atoms with Crippen molar-refractivity contribution in [3.05, 3.63) is 72.3 Å². The van der Waals surface area contributed by atoms with Gasteiger partial charge in [-0.15, -0.1) is 11.8 Å². The summed E-state index contributed by atoms with van der Waals surface area (Å²) in [5, 5.41) is 10.4. The monoisotopic (exact) mass is 590 g/mol. The molecule has 3 aromatic rings. The van der Waals surface area contributed by atoms with E-state index in [1.165, 1.54) is 0 Å². The number of nitrogens with zero attached hydrogens (tertiary/aromatic N) is 1. The predicted molar refractivity (Wildman–Crippen MR) is 166 cm³/mol. The van der Waals surface area contributed by atoms with Gasteiger partial charge in [0.05, 0.1) is 5.69 Å². The summed E-state index contributed by atoms with van der Waals surface area (Å²) in [4.78, 5) is 53.8. The van der Waals surface area contributed by atoms with Crippen molar-refractivity contribution in [1.29, 1.82) is 0 Å². The van der Waals surface area contributed by atoms with Crippen LogP contribution in [-0.4, -0.2) is 60.8 Å². The lowest BCUT2D eigenvalue weighted by Gasteiger charge is -2.23. The number of carbonyl (C=O) groups is 4. The first-order valence-electron chi connectivity index (χ1n) is 14.1. The minimum atomic E-state index is -0.845. The van der Waals surface area contributed by atoms with E-state index in [1.54, 1.807) is 37.4 Å². The molecule has 222 valence electrons. The van der Waals surface area contributed by atoms with Crippen LogP contribution in [0, 0.1) is 0 Å². The minimum absolute atomic E-state index is 0.0248. The molecule has 0 saturated carbocycles. The molecule has 0 aliphatic carbocycles. The normalized spacial score (nSPS) is 14.0. The maximum absolute atomic E-state index is 13.3. The van der Waals surface area contributed by atoms with Gasteiger partial charge in [-0.2, -0.15) is 0 Å². The molecule has 0 fully saturated rings. The summed E-state index contributed by atoms with van der Waals surface area (Å²) < 4.78 is 5.22. The number of rotatable bonds is 10. The zero-order valence-electron chi connectivity index (χ0n) is 24.3. The highest BCUT2D eigenvalue weighted by atomic mass is 32.2. The van der Waals surface area contributed by atoms with Gasteiger partial charge >= 0.3 is 6.09 Å². The molecule has 0 aromatic heterocycles. The van der Waals surface area contributed by atoms with E-state index in [2.05, 4.69) is 16.0 Å². The molecule has 42 heavy (non-hydrogen) atoms. The van der Waals surface area contributed by atoms with Crippen molar-refractivity contribution in [2.24, 2.45) is 0 Å². The van der Waals surface area contributed by atoms with E-state index in [9.17, 15) is 19.2 Å². The second-order valence-electron chi connectivity index (χ2n) is 11.1. The van der Waals surface area contributed by atoms with Crippen molar-refractivity contribution in [2.75, 3.05) is 30.3 Å². The number of hydrogen-bond acceptors (Lipinski definition) is 6. The molecule has 1 atom stereocenters. The molecule has 0 spiro atoms. The summed E-state index contributed by atoms with van der Waals surface area (Å²) in [5.74, 6) is -0.0294. The number of para-hydroxylation sites is 1. The second kappa shape index (κ2) is 14.2. The largest absolute Gasteiger partial charge is 0.444 e. The molecule has 0 unspecified atom stereocenters. The van der Waals surface area contributed by atoms with Crippen LogP contribution in [0.25, 0.3) is 10.8 Å². The van der Waals surface area contributed by atoms with Gasteiger partial charge < -0.3 is 25.6 Å². The third-order valence-corrected chi connectivity index (χ3v) is 7.66.